The molecule has 0 bridgehead atoms. The highest BCUT2D eigenvalue weighted by Gasteiger charge is 2.45. The van der Waals surface area contributed by atoms with E-state index in [0.29, 0.717) is 0 Å². The highest BCUT2D eigenvalue weighted by atomic mass is 16.7. The molecule has 2 aromatic carbocycles. The van der Waals surface area contributed by atoms with Crippen molar-refractivity contribution < 1.29 is 49.6 Å². The minimum atomic E-state index is -1.82. The third-order valence-electron chi connectivity index (χ3n) is 5.11. The van der Waals surface area contributed by atoms with Gasteiger partial charge < -0.3 is 49.6 Å². The third kappa shape index (κ3) is 3.72. The number of benzene rings is 2. The summed E-state index contributed by atoms with van der Waals surface area (Å²) < 4.78 is 16.5. The van der Waals surface area contributed by atoms with Gasteiger partial charge in [-0.2, -0.15) is 0 Å². The molecule has 0 radical (unpaired) electrons. The number of rotatable bonds is 4. The lowest BCUT2D eigenvalue weighted by atomic mass is 9.99. The predicted octanol–water partition coefficient (Wildman–Crippen LogP) is -0.876. The van der Waals surface area contributed by atoms with Gasteiger partial charge in [0.1, 0.15) is 41.5 Å². The topological polar surface area (TPSA) is 193 Å². The van der Waals surface area contributed by atoms with E-state index in [2.05, 4.69) is 0 Å². The molecule has 0 aliphatic carbocycles. The molecule has 11 heteroatoms. The van der Waals surface area contributed by atoms with E-state index in [1.54, 1.807) is 0 Å². The van der Waals surface area contributed by atoms with Crippen molar-refractivity contribution in [2.75, 3.05) is 6.61 Å². The molecule has 4 rings (SSSR count). The van der Waals surface area contributed by atoms with Gasteiger partial charge in [0.15, 0.2) is 5.76 Å². The van der Waals surface area contributed by atoms with Crippen LogP contribution in [-0.4, -0.2) is 68.0 Å². The van der Waals surface area contributed by atoms with E-state index in [-0.39, 0.29) is 22.7 Å². The van der Waals surface area contributed by atoms with Crippen LogP contribution in [0.1, 0.15) is 0 Å². The molecule has 5 atom stereocenters. The summed E-state index contributed by atoms with van der Waals surface area (Å²) in [5.74, 6) is -2.12. The minimum Gasteiger partial charge on any atom is -0.872 e. The first-order valence-corrected chi connectivity index (χ1v) is 9.48. The number of aromatic hydroxyl groups is 2. The van der Waals surface area contributed by atoms with Gasteiger partial charge in [0.2, 0.25) is 17.5 Å². The molecule has 1 aromatic heterocycles. The van der Waals surface area contributed by atoms with Crippen LogP contribution in [0.15, 0.2) is 45.6 Å². The van der Waals surface area contributed by atoms with Crippen molar-refractivity contribution in [3.8, 4) is 34.3 Å². The van der Waals surface area contributed by atoms with Gasteiger partial charge in [-0.15, -0.1) is 0 Å². The lowest BCUT2D eigenvalue weighted by Gasteiger charge is -2.39. The van der Waals surface area contributed by atoms with Crippen LogP contribution in [0.5, 0.6) is 23.0 Å². The summed E-state index contributed by atoms with van der Waals surface area (Å²) in [7, 11) is 0. The monoisotopic (exact) mass is 447 g/mol. The Hall–Kier alpha value is -3.35. The Morgan fingerprint density at radius 3 is 2.31 bits per heavy atom. The van der Waals surface area contributed by atoms with E-state index in [1.807, 2.05) is 0 Å². The summed E-state index contributed by atoms with van der Waals surface area (Å²) in [6.45, 7) is -0.716. The molecule has 0 spiro atoms. The Kier molecular flexibility index (Phi) is 5.67. The normalized spacial score (nSPS) is 25.7. The molecule has 1 saturated heterocycles. The van der Waals surface area contributed by atoms with Crippen molar-refractivity contribution in [1.29, 1.82) is 0 Å². The van der Waals surface area contributed by atoms with Crippen molar-refractivity contribution >= 4 is 11.0 Å². The molecule has 6 N–H and O–H groups in total. The molecule has 0 amide bonds. The number of phenols is 2. The van der Waals surface area contributed by atoms with E-state index in [4.69, 9.17) is 13.9 Å². The molecule has 170 valence electrons. The fourth-order valence-corrected chi connectivity index (χ4v) is 3.44. The van der Waals surface area contributed by atoms with Gasteiger partial charge in [0.05, 0.1) is 12.0 Å². The van der Waals surface area contributed by atoms with E-state index in [9.17, 15) is 40.5 Å². The van der Waals surface area contributed by atoms with Crippen molar-refractivity contribution in [2.24, 2.45) is 0 Å². The van der Waals surface area contributed by atoms with Crippen LogP contribution in [0, 0.1) is 0 Å². The Morgan fingerprint density at radius 2 is 1.66 bits per heavy atom. The molecule has 2 heterocycles. The SMILES string of the molecule is O=c1c(O[C@@H]2O[C@H](CO)[C@H](O)[C@H](O)[C@H]2O)c(-c2ccc(O)cc2)oc2cc(O)cc([O-])c12. The second-order valence-electron chi connectivity index (χ2n) is 7.27. The quantitative estimate of drug-likeness (QED) is 0.291. The summed E-state index contributed by atoms with van der Waals surface area (Å²) >= 11 is 0. The number of ether oxygens (including phenoxy) is 2. The van der Waals surface area contributed by atoms with E-state index < -0.39 is 65.4 Å². The van der Waals surface area contributed by atoms with E-state index >= 15 is 0 Å². The summed E-state index contributed by atoms with van der Waals surface area (Å²) in [6.07, 6.45) is -8.23. The van der Waals surface area contributed by atoms with Gasteiger partial charge in [-0.05, 0) is 30.3 Å². The first-order chi connectivity index (χ1) is 15.2. The van der Waals surface area contributed by atoms with Crippen molar-refractivity contribution in [2.45, 2.75) is 30.7 Å². The van der Waals surface area contributed by atoms with Crippen molar-refractivity contribution in [3.63, 3.8) is 0 Å². The van der Waals surface area contributed by atoms with E-state index in [1.165, 1.54) is 24.3 Å². The molecule has 1 aliphatic heterocycles. The molecule has 1 aliphatic rings. The van der Waals surface area contributed by atoms with Gasteiger partial charge in [0.25, 0.3) is 0 Å². The van der Waals surface area contributed by atoms with Gasteiger partial charge in [0, 0.05) is 11.6 Å². The lowest BCUT2D eigenvalue weighted by molar-refractivity contribution is -0.277. The maximum atomic E-state index is 13.2. The summed E-state index contributed by atoms with van der Waals surface area (Å²) in [6, 6.07) is 7.27. The zero-order valence-electron chi connectivity index (χ0n) is 16.3. The second kappa shape index (κ2) is 8.30. The van der Waals surface area contributed by atoms with Gasteiger partial charge in [-0.3, -0.25) is 4.79 Å². The number of hydrogen-bond acceptors (Lipinski definition) is 11. The Morgan fingerprint density at radius 1 is 0.969 bits per heavy atom. The highest BCUT2D eigenvalue weighted by molar-refractivity contribution is 5.88. The zero-order valence-corrected chi connectivity index (χ0v) is 16.3. The maximum Gasteiger partial charge on any atom is 0.234 e. The molecule has 0 unspecified atom stereocenters. The third-order valence-corrected chi connectivity index (χ3v) is 5.11. The Labute approximate surface area is 179 Å². The highest BCUT2D eigenvalue weighted by Crippen LogP contribution is 2.36. The maximum absolute atomic E-state index is 13.2. The molecule has 1 fully saturated rings. The standard InChI is InChI=1S/C21H20O11/c22-7-13-15(26)17(28)18(29)21(31-13)32-20-16(27)14-11(25)5-10(24)6-12(14)30-19(20)8-1-3-9(23)4-2-8/h1-6,13,15,17-18,21-26,28-29H,7H2/p-1/t13-,15+,17+,18-,21+/m1/s1. The van der Waals surface area contributed by atoms with Crippen molar-refractivity contribution in [1.82, 2.24) is 0 Å². The second-order valence-corrected chi connectivity index (χ2v) is 7.27. The predicted molar refractivity (Wildman–Crippen MR) is 105 cm³/mol. The average Bonchev–Trinajstić information content (AvgIpc) is 2.75. The fourth-order valence-electron chi connectivity index (χ4n) is 3.44. The summed E-state index contributed by atoms with van der Waals surface area (Å²) in [5, 5.41) is 70.7. The average molecular weight is 447 g/mol. The molecule has 11 nitrogen and oxygen atoms in total. The van der Waals surface area contributed by atoms with Crippen LogP contribution in [-0.2, 0) is 4.74 Å². The molecule has 0 saturated carbocycles. The van der Waals surface area contributed by atoms with Crippen LogP contribution in [0.3, 0.4) is 0 Å². The molecule has 3 aromatic rings. The van der Waals surface area contributed by atoms with Crippen LogP contribution in [0.4, 0.5) is 0 Å². The number of aliphatic hydroxyl groups excluding tert-OH is 4. The van der Waals surface area contributed by atoms with Crippen molar-refractivity contribution in [3.05, 3.63) is 46.6 Å². The fraction of sp³-hybridized carbons (Fsp3) is 0.286. The van der Waals surface area contributed by atoms with Crippen LogP contribution in [0.25, 0.3) is 22.3 Å². The summed E-state index contributed by atoms with van der Waals surface area (Å²) in [4.78, 5) is 13.2. The largest absolute Gasteiger partial charge is 0.872 e. The lowest BCUT2D eigenvalue weighted by Crippen LogP contribution is -2.60. The number of phenolic OH excluding ortho intramolecular Hbond substituents is 2. The van der Waals surface area contributed by atoms with Gasteiger partial charge in [-0.1, -0.05) is 5.75 Å². The summed E-state index contributed by atoms with van der Waals surface area (Å²) in [5.41, 5.74) is -0.947. The number of aliphatic hydroxyl groups is 4. The molecular weight excluding hydrogens is 428 g/mol. The van der Waals surface area contributed by atoms with Crippen LogP contribution < -0.4 is 15.3 Å². The van der Waals surface area contributed by atoms with Gasteiger partial charge >= 0.3 is 0 Å². The molecule has 32 heavy (non-hydrogen) atoms. The number of hydrogen-bond donors (Lipinski definition) is 6. The number of fused-ring (bicyclic) bond motifs is 1. The smallest absolute Gasteiger partial charge is 0.234 e. The van der Waals surface area contributed by atoms with Crippen LogP contribution in [0.2, 0.25) is 0 Å². The minimum absolute atomic E-state index is 0.0761. The Bertz CT molecular complexity index is 1190. The van der Waals surface area contributed by atoms with Gasteiger partial charge in [-0.25, -0.2) is 0 Å². The van der Waals surface area contributed by atoms with Crippen LogP contribution >= 0.6 is 0 Å². The molecular formula is C21H19O11-. The first kappa shape index (κ1) is 21.9. The Balaban J connectivity index is 1.89. The zero-order chi connectivity index (χ0) is 23.2. The first-order valence-electron chi connectivity index (χ1n) is 9.48. The van der Waals surface area contributed by atoms with E-state index in [0.717, 1.165) is 12.1 Å².